The van der Waals surface area contributed by atoms with Gasteiger partial charge in [0.15, 0.2) is 0 Å². The van der Waals surface area contributed by atoms with Gasteiger partial charge in [-0.2, -0.15) is 0 Å². The lowest BCUT2D eigenvalue weighted by Crippen LogP contribution is -2.63. The predicted molar refractivity (Wildman–Crippen MR) is 55.4 cm³/mol. The van der Waals surface area contributed by atoms with Crippen molar-refractivity contribution in [2.24, 2.45) is 5.92 Å². The lowest BCUT2D eigenvalue weighted by molar-refractivity contribution is -0.0913. The molecular formula is C9H15B2NO2. The number of nitrogens with zero attached hydrogens (tertiary/aromatic N) is 1. The Morgan fingerprint density at radius 3 is 2.79 bits per heavy atom. The molecule has 5 heteroatoms. The van der Waals surface area contributed by atoms with Crippen molar-refractivity contribution in [1.82, 2.24) is 4.90 Å². The third-order valence-corrected chi connectivity index (χ3v) is 3.70. The highest BCUT2D eigenvalue weighted by atomic mass is 16.3. The third kappa shape index (κ3) is 1.34. The summed E-state index contributed by atoms with van der Waals surface area (Å²) in [5.41, 5.74) is -1.56. The summed E-state index contributed by atoms with van der Waals surface area (Å²) in [7, 11) is 13.4. The molecule has 0 aromatic rings. The summed E-state index contributed by atoms with van der Waals surface area (Å²) < 4.78 is 0. The highest BCUT2D eigenvalue weighted by molar-refractivity contribution is 6.18. The summed E-state index contributed by atoms with van der Waals surface area (Å²) in [5, 5.41) is 19.8. The van der Waals surface area contributed by atoms with E-state index in [9.17, 15) is 10.2 Å². The Morgan fingerprint density at radius 2 is 2.14 bits per heavy atom. The monoisotopic (exact) mass is 191 g/mol. The van der Waals surface area contributed by atoms with E-state index < -0.39 is 17.4 Å². The number of aliphatic hydroxyl groups is 2. The fourth-order valence-electron chi connectivity index (χ4n) is 3.00. The number of likely N-dealkylation sites (N-methyl/N-ethyl adjacent to an activating group) is 1. The van der Waals surface area contributed by atoms with Crippen LogP contribution in [0.2, 0.25) is 5.82 Å². The summed E-state index contributed by atoms with van der Waals surface area (Å²) in [6.45, 7) is 0.911. The average molecular weight is 191 g/mol. The van der Waals surface area contributed by atoms with E-state index in [0.717, 1.165) is 19.4 Å². The van der Waals surface area contributed by atoms with Gasteiger partial charge in [-0.05, 0) is 31.7 Å². The first-order chi connectivity index (χ1) is 6.44. The molecule has 1 aliphatic heterocycles. The summed E-state index contributed by atoms with van der Waals surface area (Å²) in [6.07, 6.45) is 0.723. The van der Waals surface area contributed by atoms with Crippen molar-refractivity contribution in [2.45, 2.75) is 36.3 Å². The van der Waals surface area contributed by atoms with Crippen molar-refractivity contribution in [3.63, 3.8) is 0 Å². The van der Waals surface area contributed by atoms with Crippen molar-refractivity contribution < 1.29 is 10.2 Å². The molecule has 3 nitrogen and oxygen atoms in total. The average Bonchev–Trinajstić information content (AvgIpc) is 2.44. The Balaban J connectivity index is 2.27. The zero-order valence-electron chi connectivity index (χ0n) is 8.43. The number of rotatable bonds is 0. The molecule has 2 aliphatic rings. The first-order valence-electron chi connectivity index (χ1n) is 5.09. The smallest absolute Gasteiger partial charge is 0.119 e. The lowest BCUT2D eigenvalue weighted by atomic mass is 9.54. The van der Waals surface area contributed by atoms with Gasteiger partial charge >= 0.3 is 0 Å². The minimum atomic E-state index is -1.56. The maximum Gasteiger partial charge on any atom is 0.119 e. The molecule has 74 valence electrons. The largest absolute Gasteiger partial charge is 0.396 e. The van der Waals surface area contributed by atoms with Gasteiger partial charge in [0.2, 0.25) is 0 Å². The number of fused-ring (bicyclic) bond motifs is 1. The molecule has 2 N–H and O–H groups in total. The van der Waals surface area contributed by atoms with Crippen LogP contribution < -0.4 is 0 Å². The molecule has 1 heterocycles. The molecule has 14 heavy (non-hydrogen) atoms. The maximum atomic E-state index is 10.1. The van der Waals surface area contributed by atoms with Gasteiger partial charge in [-0.15, -0.1) is 0 Å². The molecule has 0 spiro atoms. The topological polar surface area (TPSA) is 43.7 Å². The number of hydrogen-bond donors (Lipinski definition) is 2. The molecule has 5 atom stereocenters. The number of aliphatic hydroxyl groups excluding tert-OH is 1. The second kappa shape index (κ2) is 3.26. The van der Waals surface area contributed by atoms with Crippen LogP contribution >= 0.6 is 0 Å². The molecule has 1 aliphatic carbocycles. The number of likely N-dealkylation sites (tertiary alicyclic amines) is 1. The van der Waals surface area contributed by atoms with Crippen LogP contribution in [0.5, 0.6) is 0 Å². The van der Waals surface area contributed by atoms with Gasteiger partial charge in [-0.25, -0.2) is 0 Å². The Bertz CT molecular complexity index is 237. The standard InChI is InChI=1S/C9H15B2NO2/c1-12-3-2-5-4-6(10)8(13)9(11,14)7(5)12/h5-8,13-14H,2-4H2,1H3. The minimum Gasteiger partial charge on any atom is -0.396 e. The first-order valence-corrected chi connectivity index (χ1v) is 5.09. The molecule has 1 saturated carbocycles. The van der Waals surface area contributed by atoms with E-state index >= 15 is 0 Å². The van der Waals surface area contributed by atoms with Crippen molar-refractivity contribution >= 4 is 15.7 Å². The lowest BCUT2D eigenvalue weighted by Gasteiger charge is -2.49. The van der Waals surface area contributed by atoms with Crippen molar-refractivity contribution in [1.29, 1.82) is 0 Å². The van der Waals surface area contributed by atoms with Crippen LogP contribution in [0.25, 0.3) is 0 Å². The molecular weight excluding hydrogens is 176 g/mol. The molecule has 0 amide bonds. The predicted octanol–water partition coefficient (Wildman–Crippen LogP) is -1.11. The molecule has 2 rings (SSSR count). The first kappa shape index (κ1) is 10.5. The Labute approximate surface area is 87.3 Å². The van der Waals surface area contributed by atoms with Crippen LogP contribution in [0.1, 0.15) is 12.8 Å². The van der Waals surface area contributed by atoms with Gasteiger partial charge in [-0.3, -0.25) is 0 Å². The number of hydrogen-bond acceptors (Lipinski definition) is 3. The fourth-order valence-corrected chi connectivity index (χ4v) is 3.00. The van der Waals surface area contributed by atoms with Gasteiger partial charge in [0.25, 0.3) is 0 Å². The normalized spacial score (nSPS) is 54.5. The summed E-state index contributed by atoms with van der Waals surface area (Å²) in [4.78, 5) is 2.01. The van der Waals surface area contributed by atoms with Crippen LogP contribution in [0, 0.1) is 5.92 Å². The molecule has 0 aromatic heterocycles. The minimum absolute atomic E-state index is 0.155. The van der Waals surface area contributed by atoms with Crippen LogP contribution in [-0.4, -0.2) is 62.0 Å². The van der Waals surface area contributed by atoms with Crippen molar-refractivity contribution in [3.05, 3.63) is 0 Å². The summed E-state index contributed by atoms with van der Waals surface area (Å²) >= 11 is 0. The highest BCUT2D eigenvalue weighted by Gasteiger charge is 2.52. The van der Waals surface area contributed by atoms with Crippen LogP contribution in [0.4, 0.5) is 0 Å². The SMILES string of the molecule is [B]C1CC2CCN(C)C2C([B])(O)C1O. The third-order valence-electron chi connectivity index (χ3n) is 3.70. The second-order valence-corrected chi connectivity index (χ2v) is 4.71. The molecule has 1 saturated heterocycles. The van der Waals surface area contributed by atoms with Crippen molar-refractivity contribution in [2.75, 3.05) is 13.6 Å². The molecule has 0 bridgehead atoms. The zero-order chi connectivity index (χ0) is 10.5. The highest BCUT2D eigenvalue weighted by Crippen LogP contribution is 2.43. The van der Waals surface area contributed by atoms with E-state index in [1.54, 1.807) is 0 Å². The van der Waals surface area contributed by atoms with Gasteiger partial charge in [0, 0.05) is 6.04 Å². The Morgan fingerprint density at radius 1 is 1.50 bits per heavy atom. The fraction of sp³-hybridized carbons (Fsp3) is 1.00. The Hall–Kier alpha value is 0.00987. The van der Waals surface area contributed by atoms with Gasteiger partial charge < -0.3 is 15.1 Å². The summed E-state index contributed by atoms with van der Waals surface area (Å²) in [6, 6.07) is -0.155. The molecule has 5 unspecified atom stereocenters. The quantitative estimate of drug-likeness (QED) is 0.477. The second-order valence-electron chi connectivity index (χ2n) is 4.71. The van der Waals surface area contributed by atoms with Gasteiger partial charge in [-0.1, -0.05) is 6.42 Å². The molecule has 2 fully saturated rings. The Kier molecular flexibility index (Phi) is 2.45. The van der Waals surface area contributed by atoms with Crippen LogP contribution in [0.15, 0.2) is 0 Å². The van der Waals surface area contributed by atoms with E-state index in [0.29, 0.717) is 5.92 Å². The zero-order valence-corrected chi connectivity index (χ0v) is 8.43. The van der Waals surface area contributed by atoms with E-state index in [1.807, 2.05) is 11.9 Å². The van der Waals surface area contributed by atoms with Gasteiger partial charge in [0.05, 0.1) is 19.5 Å². The van der Waals surface area contributed by atoms with Gasteiger partial charge in [0.1, 0.15) is 7.85 Å². The van der Waals surface area contributed by atoms with Crippen molar-refractivity contribution in [3.8, 4) is 0 Å². The van der Waals surface area contributed by atoms with E-state index in [4.69, 9.17) is 15.7 Å². The molecule has 4 radical (unpaired) electrons. The van der Waals surface area contributed by atoms with Crippen LogP contribution in [-0.2, 0) is 0 Å². The molecule has 0 aromatic carbocycles. The summed E-state index contributed by atoms with van der Waals surface area (Å²) in [5.74, 6) is -0.0915. The van der Waals surface area contributed by atoms with E-state index in [-0.39, 0.29) is 6.04 Å². The maximum absolute atomic E-state index is 10.1. The van der Waals surface area contributed by atoms with Crippen LogP contribution in [0.3, 0.4) is 0 Å². The van der Waals surface area contributed by atoms with E-state index in [2.05, 4.69) is 0 Å². The van der Waals surface area contributed by atoms with E-state index in [1.165, 1.54) is 0 Å².